The highest BCUT2D eigenvalue weighted by atomic mass is 16.5. The number of hydrogen-bond donors (Lipinski definition) is 1. The Labute approximate surface area is 119 Å². The molecular formula is C16H21NO3. The monoisotopic (exact) mass is 275 g/mol. The van der Waals surface area contributed by atoms with Crippen molar-refractivity contribution in [2.24, 2.45) is 5.92 Å². The lowest BCUT2D eigenvalue weighted by Crippen LogP contribution is -2.26. The summed E-state index contributed by atoms with van der Waals surface area (Å²) in [6, 6.07) is 2.04. The zero-order valence-corrected chi connectivity index (χ0v) is 12.1. The minimum absolute atomic E-state index is 0.0221. The Morgan fingerprint density at radius 2 is 2.10 bits per heavy atom. The van der Waals surface area contributed by atoms with Crippen LogP contribution >= 0.6 is 0 Å². The maximum absolute atomic E-state index is 12.5. The van der Waals surface area contributed by atoms with Gasteiger partial charge in [0.25, 0.3) is 5.91 Å². The Kier molecular flexibility index (Phi) is 3.55. The molecule has 4 heteroatoms. The zero-order chi connectivity index (χ0) is 14.1. The lowest BCUT2D eigenvalue weighted by Gasteiger charge is -2.13. The minimum Gasteiger partial charge on any atom is -0.493 e. The van der Waals surface area contributed by atoms with Crippen molar-refractivity contribution in [1.82, 2.24) is 5.32 Å². The predicted octanol–water partition coefficient (Wildman–Crippen LogP) is 2.33. The van der Waals surface area contributed by atoms with E-state index < -0.39 is 0 Å². The number of fused-ring (bicyclic) bond motifs is 2. The van der Waals surface area contributed by atoms with E-state index in [1.165, 1.54) is 0 Å². The van der Waals surface area contributed by atoms with Crippen molar-refractivity contribution in [3.63, 3.8) is 0 Å². The second kappa shape index (κ2) is 5.35. The first-order chi connectivity index (χ1) is 9.66. The fourth-order valence-corrected chi connectivity index (χ4v) is 2.79. The Hall–Kier alpha value is -1.71. The third kappa shape index (κ3) is 2.35. The molecule has 0 saturated heterocycles. The maximum atomic E-state index is 12.5. The van der Waals surface area contributed by atoms with Crippen molar-refractivity contribution < 1.29 is 14.3 Å². The SMILES string of the molecule is CC(C)CCNC(=O)c1c2c(cc3c1OCC3)OCC2. The number of hydrogen-bond acceptors (Lipinski definition) is 3. The van der Waals surface area contributed by atoms with Crippen molar-refractivity contribution >= 4 is 5.91 Å². The molecule has 3 rings (SSSR count). The molecule has 1 aromatic carbocycles. The van der Waals surface area contributed by atoms with E-state index in [9.17, 15) is 4.79 Å². The third-order valence-electron chi connectivity index (χ3n) is 3.88. The van der Waals surface area contributed by atoms with Crippen LogP contribution in [0.5, 0.6) is 11.5 Å². The zero-order valence-electron chi connectivity index (χ0n) is 12.1. The van der Waals surface area contributed by atoms with Crippen molar-refractivity contribution in [1.29, 1.82) is 0 Å². The smallest absolute Gasteiger partial charge is 0.255 e. The summed E-state index contributed by atoms with van der Waals surface area (Å²) in [5.74, 6) is 2.20. The van der Waals surface area contributed by atoms with E-state index in [4.69, 9.17) is 9.47 Å². The van der Waals surface area contributed by atoms with Crippen molar-refractivity contribution in [3.05, 3.63) is 22.8 Å². The number of benzene rings is 1. The molecule has 20 heavy (non-hydrogen) atoms. The standard InChI is InChI=1S/C16H21NO3/c1-10(2)3-6-17-16(18)14-12-5-8-19-13(12)9-11-4-7-20-15(11)14/h9-10H,3-8H2,1-2H3,(H,17,18). The van der Waals surface area contributed by atoms with Crippen LogP contribution in [0.1, 0.15) is 41.8 Å². The van der Waals surface area contributed by atoms with Gasteiger partial charge in [0.2, 0.25) is 0 Å². The lowest BCUT2D eigenvalue weighted by molar-refractivity contribution is 0.0948. The molecule has 0 atom stereocenters. The van der Waals surface area contributed by atoms with Gasteiger partial charge in [-0.15, -0.1) is 0 Å². The van der Waals surface area contributed by atoms with E-state index in [1.807, 2.05) is 6.07 Å². The maximum Gasteiger partial charge on any atom is 0.255 e. The fraction of sp³-hybridized carbons (Fsp3) is 0.562. The van der Waals surface area contributed by atoms with E-state index >= 15 is 0 Å². The van der Waals surface area contributed by atoms with Gasteiger partial charge in [0.1, 0.15) is 11.5 Å². The van der Waals surface area contributed by atoms with E-state index in [0.29, 0.717) is 31.2 Å². The van der Waals surface area contributed by atoms with Gasteiger partial charge in [0, 0.05) is 30.5 Å². The molecule has 108 valence electrons. The van der Waals surface area contributed by atoms with Crippen LogP contribution in [0.2, 0.25) is 0 Å². The molecule has 2 aliphatic heterocycles. The number of ether oxygens (including phenoxy) is 2. The van der Waals surface area contributed by atoms with E-state index in [0.717, 1.165) is 41.9 Å². The van der Waals surface area contributed by atoms with Gasteiger partial charge in [-0.3, -0.25) is 4.79 Å². The van der Waals surface area contributed by atoms with Crippen LogP contribution in [-0.4, -0.2) is 25.7 Å². The summed E-state index contributed by atoms with van der Waals surface area (Å²) in [4.78, 5) is 12.5. The number of nitrogens with one attached hydrogen (secondary N) is 1. The molecule has 4 nitrogen and oxygen atoms in total. The molecule has 0 bridgehead atoms. The number of amides is 1. The number of rotatable bonds is 4. The van der Waals surface area contributed by atoms with Crippen LogP contribution in [0.4, 0.5) is 0 Å². The van der Waals surface area contributed by atoms with Crippen LogP contribution in [0.25, 0.3) is 0 Å². The highest BCUT2D eigenvalue weighted by Crippen LogP contribution is 2.40. The normalized spacial score (nSPS) is 15.6. The fourth-order valence-electron chi connectivity index (χ4n) is 2.79. The summed E-state index contributed by atoms with van der Waals surface area (Å²) in [6.07, 6.45) is 2.64. The molecule has 0 unspecified atom stereocenters. The topological polar surface area (TPSA) is 47.6 Å². The second-order valence-electron chi connectivity index (χ2n) is 5.85. The Morgan fingerprint density at radius 3 is 2.90 bits per heavy atom. The molecule has 0 aliphatic carbocycles. The average Bonchev–Trinajstić information content (AvgIpc) is 3.02. The Bertz CT molecular complexity index is 505. The minimum atomic E-state index is -0.0221. The first kappa shape index (κ1) is 13.3. The summed E-state index contributed by atoms with van der Waals surface area (Å²) >= 11 is 0. The number of carbonyl (C=O) groups is 1. The molecule has 1 amide bonds. The van der Waals surface area contributed by atoms with Gasteiger partial charge in [-0.05, 0) is 18.4 Å². The van der Waals surface area contributed by atoms with E-state index in [-0.39, 0.29) is 5.91 Å². The van der Waals surface area contributed by atoms with Crippen LogP contribution in [0, 0.1) is 5.92 Å². The van der Waals surface area contributed by atoms with Crippen LogP contribution < -0.4 is 14.8 Å². The molecular weight excluding hydrogens is 254 g/mol. The number of carbonyl (C=O) groups excluding carboxylic acids is 1. The van der Waals surface area contributed by atoms with Gasteiger partial charge in [0.05, 0.1) is 18.8 Å². The van der Waals surface area contributed by atoms with Crippen LogP contribution in [0.3, 0.4) is 0 Å². The molecule has 2 aliphatic rings. The van der Waals surface area contributed by atoms with Crippen molar-refractivity contribution in [2.75, 3.05) is 19.8 Å². The molecule has 0 saturated carbocycles. The Balaban J connectivity index is 1.87. The first-order valence-electron chi connectivity index (χ1n) is 7.39. The molecule has 0 spiro atoms. The predicted molar refractivity (Wildman–Crippen MR) is 76.6 cm³/mol. The Morgan fingerprint density at radius 1 is 1.30 bits per heavy atom. The second-order valence-corrected chi connectivity index (χ2v) is 5.85. The molecule has 1 aromatic rings. The summed E-state index contributed by atoms with van der Waals surface area (Å²) < 4.78 is 11.3. The van der Waals surface area contributed by atoms with Gasteiger partial charge in [0.15, 0.2) is 0 Å². The third-order valence-corrected chi connectivity index (χ3v) is 3.88. The van der Waals surface area contributed by atoms with E-state index in [2.05, 4.69) is 19.2 Å². The summed E-state index contributed by atoms with van der Waals surface area (Å²) in [6.45, 7) is 6.33. The van der Waals surface area contributed by atoms with Gasteiger partial charge in [-0.2, -0.15) is 0 Å². The summed E-state index contributed by atoms with van der Waals surface area (Å²) in [5.41, 5.74) is 2.81. The molecule has 2 heterocycles. The van der Waals surface area contributed by atoms with Gasteiger partial charge in [-0.1, -0.05) is 13.8 Å². The largest absolute Gasteiger partial charge is 0.493 e. The molecule has 1 N–H and O–H groups in total. The summed E-state index contributed by atoms with van der Waals surface area (Å²) in [7, 11) is 0. The highest BCUT2D eigenvalue weighted by molar-refractivity contribution is 6.00. The average molecular weight is 275 g/mol. The lowest BCUT2D eigenvalue weighted by atomic mass is 9.99. The van der Waals surface area contributed by atoms with Gasteiger partial charge < -0.3 is 14.8 Å². The van der Waals surface area contributed by atoms with E-state index in [1.54, 1.807) is 0 Å². The van der Waals surface area contributed by atoms with Gasteiger partial charge in [-0.25, -0.2) is 0 Å². The van der Waals surface area contributed by atoms with Gasteiger partial charge >= 0.3 is 0 Å². The van der Waals surface area contributed by atoms with Crippen LogP contribution in [-0.2, 0) is 12.8 Å². The van der Waals surface area contributed by atoms with Crippen molar-refractivity contribution in [3.8, 4) is 11.5 Å². The van der Waals surface area contributed by atoms with Crippen LogP contribution in [0.15, 0.2) is 6.07 Å². The molecule has 0 fully saturated rings. The molecule has 0 radical (unpaired) electrons. The quantitative estimate of drug-likeness (QED) is 0.917. The van der Waals surface area contributed by atoms with Crippen molar-refractivity contribution in [2.45, 2.75) is 33.1 Å². The summed E-state index contributed by atoms with van der Waals surface area (Å²) in [5, 5.41) is 3.02. The highest BCUT2D eigenvalue weighted by Gasteiger charge is 2.29. The molecule has 0 aromatic heterocycles. The first-order valence-corrected chi connectivity index (χ1v) is 7.39.